The third-order valence-electron chi connectivity index (χ3n) is 3.50. The molecule has 7 nitrogen and oxygen atoms in total. The number of anilines is 1. The topological polar surface area (TPSA) is 130 Å². The molecule has 0 radical (unpaired) electrons. The predicted molar refractivity (Wildman–Crippen MR) is 108 cm³/mol. The highest BCUT2D eigenvalue weighted by molar-refractivity contribution is 5.97. The Morgan fingerprint density at radius 3 is 1.93 bits per heavy atom. The molecule has 0 aliphatic heterocycles. The first kappa shape index (κ1) is 22.3. The maximum absolute atomic E-state index is 12.1. The number of amides is 2. The van der Waals surface area contributed by atoms with Crippen LogP contribution in [-0.2, 0) is 4.79 Å². The highest BCUT2D eigenvalue weighted by Crippen LogP contribution is 2.05. The number of nitrogens with one attached hydrogen (secondary N) is 2. The highest BCUT2D eigenvalue weighted by atomic mass is 16.5. The highest BCUT2D eigenvalue weighted by Gasteiger charge is 2.19. The summed E-state index contributed by atoms with van der Waals surface area (Å²) in [7, 11) is 0. The van der Waals surface area contributed by atoms with Crippen LogP contribution in [0.2, 0.25) is 0 Å². The number of rotatable bonds is 4. The summed E-state index contributed by atoms with van der Waals surface area (Å²) in [4.78, 5) is 23.4. The fourth-order valence-corrected chi connectivity index (χ4v) is 2.03. The first-order valence-corrected chi connectivity index (χ1v) is 7.96. The van der Waals surface area contributed by atoms with Crippen molar-refractivity contribution in [2.75, 3.05) is 12.3 Å². The minimum atomic E-state index is -1.02. The molecule has 144 valence electrons. The number of carbonyl (C=O) groups is 2. The van der Waals surface area contributed by atoms with E-state index in [1.807, 2.05) is 12.1 Å². The van der Waals surface area contributed by atoms with Crippen molar-refractivity contribution in [2.45, 2.75) is 13.5 Å². The summed E-state index contributed by atoms with van der Waals surface area (Å²) in [6.07, 6.45) is 0. The number of benzene rings is 2. The van der Waals surface area contributed by atoms with Crippen LogP contribution in [0.25, 0.3) is 0 Å². The Morgan fingerprint density at radius 1 is 0.964 bits per heavy atom. The molecule has 0 aliphatic carbocycles. The molecule has 7 N–H and O–H groups in total. The van der Waals surface area contributed by atoms with Gasteiger partial charge in [0.25, 0.3) is 11.8 Å². The zero-order valence-electron chi connectivity index (χ0n) is 14.3. The summed E-state index contributed by atoms with van der Waals surface area (Å²) in [6, 6.07) is 12.6. The molecule has 2 aromatic carbocycles. The van der Waals surface area contributed by atoms with Gasteiger partial charge in [0.05, 0.1) is 0 Å². The molecule has 0 fully saturated rings. The van der Waals surface area contributed by atoms with Crippen molar-refractivity contribution in [3.8, 4) is 23.7 Å². The Balaban J connectivity index is 0.00000392. The van der Waals surface area contributed by atoms with Crippen LogP contribution in [0.15, 0.2) is 48.5 Å². The molecule has 28 heavy (non-hydrogen) atoms. The number of hydroxylamine groups is 1. The van der Waals surface area contributed by atoms with Crippen molar-refractivity contribution in [1.29, 1.82) is 0 Å². The maximum Gasteiger partial charge on any atom is 0.267 e. The molecule has 7 heteroatoms. The summed E-state index contributed by atoms with van der Waals surface area (Å²) in [5.74, 6) is 9.99. The van der Waals surface area contributed by atoms with Gasteiger partial charge in [0.2, 0.25) is 0 Å². The lowest BCUT2D eigenvalue weighted by Crippen LogP contribution is -2.50. The molecule has 0 saturated carbocycles. The molecule has 2 aromatic rings. The average Bonchev–Trinajstić information content (AvgIpc) is 2.70. The van der Waals surface area contributed by atoms with Gasteiger partial charge in [-0.05, 0) is 60.4 Å². The molecule has 0 aliphatic rings. The number of nitrogens with two attached hydrogens (primary N) is 2. The quantitative estimate of drug-likeness (QED) is 0.233. The normalized spacial score (nSPS) is 10.1. The van der Waals surface area contributed by atoms with E-state index in [0.717, 1.165) is 5.56 Å². The monoisotopic (exact) mass is 378 g/mol. The molecule has 2 rings (SSSR count). The van der Waals surface area contributed by atoms with E-state index in [9.17, 15) is 9.59 Å². The third kappa shape index (κ3) is 6.50. The summed E-state index contributed by atoms with van der Waals surface area (Å²) in [5.41, 5.74) is 14.9. The van der Waals surface area contributed by atoms with Crippen LogP contribution in [-0.4, -0.2) is 29.6 Å². The van der Waals surface area contributed by atoms with E-state index in [2.05, 4.69) is 29.0 Å². The van der Waals surface area contributed by atoms with E-state index < -0.39 is 17.9 Å². The van der Waals surface area contributed by atoms with E-state index in [0.29, 0.717) is 16.8 Å². The van der Waals surface area contributed by atoms with E-state index in [4.69, 9.17) is 16.7 Å². The number of carbonyl (C=O) groups excluding carboxylic acids is 2. The van der Waals surface area contributed by atoms with Gasteiger partial charge >= 0.3 is 0 Å². The second-order valence-corrected chi connectivity index (χ2v) is 5.44. The van der Waals surface area contributed by atoms with Crippen LogP contribution < -0.4 is 22.3 Å². The maximum atomic E-state index is 12.1. The first-order chi connectivity index (χ1) is 13.0. The van der Waals surface area contributed by atoms with Gasteiger partial charge in [-0.25, -0.2) is 5.48 Å². The summed E-state index contributed by atoms with van der Waals surface area (Å²) >= 11 is 0. The fourth-order valence-electron chi connectivity index (χ4n) is 2.03. The molecule has 2 amide bonds. The zero-order valence-corrected chi connectivity index (χ0v) is 14.3. The minimum absolute atomic E-state index is 0. The van der Waals surface area contributed by atoms with Crippen LogP contribution in [0.5, 0.6) is 0 Å². The van der Waals surface area contributed by atoms with Crippen molar-refractivity contribution in [3.63, 3.8) is 0 Å². The Bertz CT molecular complexity index is 930. The lowest BCUT2D eigenvalue weighted by Gasteiger charge is -2.14. The molecular weight excluding hydrogens is 356 g/mol. The largest absolute Gasteiger partial charge is 0.399 e. The van der Waals surface area contributed by atoms with E-state index in [-0.39, 0.29) is 14.0 Å². The summed E-state index contributed by atoms with van der Waals surface area (Å²) in [5, 5.41) is 11.0. The number of hydrogen-bond acceptors (Lipinski definition) is 5. The van der Waals surface area contributed by atoms with Crippen LogP contribution >= 0.6 is 0 Å². The van der Waals surface area contributed by atoms with Gasteiger partial charge in [0.1, 0.15) is 6.04 Å². The molecular formula is C21H22N4O3. The van der Waals surface area contributed by atoms with Gasteiger partial charge in [-0.2, -0.15) is 0 Å². The lowest BCUT2D eigenvalue weighted by atomic mass is 10.1. The molecule has 0 unspecified atom stereocenters. The molecule has 0 spiro atoms. The van der Waals surface area contributed by atoms with Crippen molar-refractivity contribution >= 4 is 17.5 Å². The average molecular weight is 378 g/mol. The molecule has 0 heterocycles. The standard InChI is InChI=1S/C20H18N4O3.CH4/c21-13-18(20(26)24-27)23-19(25)16-9-5-14(6-10-16)3-1-2-4-15-7-11-17(22)12-8-15;/h5-12,18,27H,13,21-22H2,(H,23,25)(H,24,26);1H4/t18-;/m0./s1. The van der Waals surface area contributed by atoms with Gasteiger partial charge in [0, 0.05) is 28.9 Å². The predicted octanol–water partition coefficient (Wildman–Crippen LogP) is 0.871. The Hall–Kier alpha value is -3.78. The summed E-state index contributed by atoms with van der Waals surface area (Å²) in [6.45, 7) is -0.144. The lowest BCUT2D eigenvalue weighted by molar-refractivity contribution is -0.130. The Kier molecular flexibility index (Phi) is 8.78. The number of nitrogen functional groups attached to an aromatic ring is 1. The van der Waals surface area contributed by atoms with Gasteiger partial charge in [-0.3, -0.25) is 14.8 Å². The van der Waals surface area contributed by atoms with Crippen LogP contribution in [0, 0.1) is 23.7 Å². The molecule has 0 aromatic heterocycles. The van der Waals surface area contributed by atoms with E-state index in [1.54, 1.807) is 36.4 Å². The fraction of sp³-hybridized carbons (Fsp3) is 0.143. The van der Waals surface area contributed by atoms with Crippen molar-refractivity contribution in [1.82, 2.24) is 10.8 Å². The van der Waals surface area contributed by atoms with Crippen LogP contribution in [0.4, 0.5) is 5.69 Å². The van der Waals surface area contributed by atoms with E-state index in [1.165, 1.54) is 5.48 Å². The Morgan fingerprint density at radius 2 is 1.46 bits per heavy atom. The van der Waals surface area contributed by atoms with Gasteiger partial charge in [-0.1, -0.05) is 19.3 Å². The van der Waals surface area contributed by atoms with Gasteiger partial charge in [0.15, 0.2) is 0 Å². The number of hydrogen-bond donors (Lipinski definition) is 5. The van der Waals surface area contributed by atoms with Crippen molar-refractivity contribution in [2.24, 2.45) is 5.73 Å². The SMILES string of the molecule is C.NC[C@H](NC(=O)c1ccc(C#CC#Cc2ccc(N)cc2)cc1)C(=O)NO. The smallest absolute Gasteiger partial charge is 0.267 e. The van der Waals surface area contributed by atoms with Crippen molar-refractivity contribution < 1.29 is 14.8 Å². The van der Waals surface area contributed by atoms with Crippen LogP contribution in [0.1, 0.15) is 28.9 Å². The van der Waals surface area contributed by atoms with Crippen molar-refractivity contribution in [3.05, 3.63) is 65.2 Å². The second-order valence-electron chi connectivity index (χ2n) is 5.44. The van der Waals surface area contributed by atoms with Gasteiger partial charge < -0.3 is 16.8 Å². The first-order valence-electron chi connectivity index (χ1n) is 7.96. The molecule has 1 atom stereocenters. The third-order valence-corrected chi connectivity index (χ3v) is 3.50. The van der Waals surface area contributed by atoms with E-state index >= 15 is 0 Å². The van der Waals surface area contributed by atoms with Crippen LogP contribution in [0.3, 0.4) is 0 Å². The van der Waals surface area contributed by atoms with Gasteiger partial charge in [-0.15, -0.1) is 0 Å². The summed E-state index contributed by atoms with van der Waals surface area (Å²) < 4.78 is 0. The molecule has 0 saturated heterocycles. The molecule has 0 bridgehead atoms. The Labute approximate surface area is 164 Å². The second kappa shape index (κ2) is 11.0. The zero-order chi connectivity index (χ0) is 19.6. The minimum Gasteiger partial charge on any atom is -0.399 e.